The molecule has 1 aliphatic rings. The van der Waals surface area contributed by atoms with Gasteiger partial charge in [-0.1, -0.05) is 0 Å². The fourth-order valence-corrected chi connectivity index (χ4v) is 5.76. The van der Waals surface area contributed by atoms with Crippen LogP contribution in [0.15, 0.2) is 24.3 Å². The van der Waals surface area contributed by atoms with Crippen LogP contribution in [-0.4, -0.2) is 35.6 Å². The summed E-state index contributed by atoms with van der Waals surface area (Å²) in [5.41, 5.74) is 2.43. The number of hydrogen-bond donors (Lipinski definition) is 2. The Labute approximate surface area is 202 Å². The maximum absolute atomic E-state index is 13.0. The number of hydrogen-bond acceptors (Lipinski definition) is 6. The molecule has 2 amide bonds. The number of amides is 2. The molecular formula is C25H29N3O5S. The smallest absolute Gasteiger partial charge is 0.357 e. The number of aromatic nitrogens is 1. The molecule has 4 rings (SSSR count). The third kappa shape index (κ3) is 4.79. The van der Waals surface area contributed by atoms with Crippen LogP contribution in [0, 0.1) is 0 Å². The number of esters is 1. The van der Waals surface area contributed by atoms with E-state index in [4.69, 9.17) is 9.47 Å². The fourth-order valence-electron chi connectivity index (χ4n) is 4.36. The Morgan fingerprint density at radius 2 is 1.76 bits per heavy atom. The number of aryl methyl sites for hydroxylation is 2. The minimum Gasteiger partial charge on any atom is -0.494 e. The largest absolute Gasteiger partial charge is 0.494 e. The minimum atomic E-state index is -0.562. The zero-order valence-electron chi connectivity index (χ0n) is 19.7. The molecule has 1 aromatic carbocycles. The average Bonchev–Trinajstić information content (AvgIpc) is 3.31. The standard InChI is InChI=1S/C25H29N3O5S/c1-4-32-17-12-10-16(11-13-17)27-20(30)14-28-23(25(31)33-5-2)22(26-15(3)29)21-18-8-6-7-9-19(18)34-24(21)28/h10-13H,4-9,14H2,1-3H3,(H,26,29)(H,27,30). The lowest BCUT2D eigenvalue weighted by Crippen LogP contribution is -2.23. The second kappa shape index (κ2) is 10.3. The van der Waals surface area contributed by atoms with Crippen LogP contribution in [-0.2, 0) is 33.7 Å². The molecule has 8 nitrogen and oxygen atoms in total. The molecule has 2 heterocycles. The number of carbonyl (C=O) groups is 3. The van der Waals surface area contributed by atoms with Crippen molar-refractivity contribution in [3.05, 3.63) is 40.4 Å². The summed E-state index contributed by atoms with van der Waals surface area (Å²) < 4.78 is 12.5. The van der Waals surface area contributed by atoms with Gasteiger partial charge in [0.25, 0.3) is 0 Å². The molecule has 0 bridgehead atoms. The summed E-state index contributed by atoms with van der Waals surface area (Å²) in [6.07, 6.45) is 4.00. The van der Waals surface area contributed by atoms with Crippen molar-refractivity contribution in [2.45, 2.75) is 53.0 Å². The van der Waals surface area contributed by atoms with Crippen LogP contribution in [0.1, 0.15) is 54.5 Å². The summed E-state index contributed by atoms with van der Waals surface area (Å²) in [6.45, 7) is 5.71. The highest BCUT2D eigenvalue weighted by molar-refractivity contribution is 7.19. The summed E-state index contributed by atoms with van der Waals surface area (Å²) in [5, 5.41) is 6.59. The van der Waals surface area contributed by atoms with Gasteiger partial charge in [-0.15, -0.1) is 11.3 Å². The molecule has 0 saturated carbocycles. The van der Waals surface area contributed by atoms with Crippen molar-refractivity contribution < 1.29 is 23.9 Å². The van der Waals surface area contributed by atoms with Crippen molar-refractivity contribution in [1.29, 1.82) is 0 Å². The van der Waals surface area contributed by atoms with Gasteiger partial charge in [0.2, 0.25) is 11.8 Å². The van der Waals surface area contributed by atoms with Gasteiger partial charge in [0.1, 0.15) is 17.1 Å². The molecule has 3 aromatic rings. The zero-order chi connectivity index (χ0) is 24.2. The van der Waals surface area contributed by atoms with E-state index in [0.29, 0.717) is 18.0 Å². The summed E-state index contributed by atoms with van der Waals surface area (Å²) in [5.74, 6) is -0.402. The predicted octanol–water partition coefficient (Wildman–Crippen LogP) is 4.75. The van der Waals surface area contributed by atoms with Crippen LogP contribution in [0.5, 0.6) is 5.75 Å². The first kappa shape index (κ1) is 23.8. The summed E-state index contributed by atoms with van der Waals surface area (Å²) >= 11 is 1.59. The first-order chi connectivity index (χ1) is 16.4. The van der Waals surface area contributed by atoms with Gasteiger partial charge in [0, 0.05) is 22.9 Å². The third-order valence-electron chi connectivity index (χ3n) is 5.68. The number of rotatable bonds is 8. The van der Waals surface area contributed by atoms with Crippen LogP contribution in [0.3, 0.4) is 0 Å². The number of anilines is 2. The summed E-state index contributed by atoms with van der Waals surface area (Å²) in [7, 11) is 0. The van der Waals surface area contributed by atoms with Crippen molar-refractivity contribution in [3.63, 3.8) is 0 Å². The third-order valence-corrected chi connectivity index (χ3v) is 6.99. The highest BCUT2D eigenvalue weighted by atomic mass is 32.1. The Balaban J connectivity index is 1.74. The first-order valence-electron chi connectivity index (χ1n) is 11.6. The molecule has 2 N–H and O–H groups in total. The predicted molar refractivity (Wildman–Crippen MR) is 133 cm³/mol. The summed E-state index contributed by atoms with van der Waals surface area (Å²) in [6, 6.07) is 7.12. The molecule has 180 valence electrons. The molecule has 0 saturated heterocycles. The number of nitrogens with one attached hydrogen (secondary N) is 2. The average molecular weight is 484 g/mol. The van der Waals surface area contributed by atoms with Crippen LogP contribution in [0.2, 0.25) is 0 Å². The Morgan fingerprint density at radius 3 is 2.44 bits per heavy atom. The number of thiophene rings is 1. The van der Waals surface area contributed by atoms with Gasteiger partial charge in [-0.25, -0.2) is 4.79 Å². The molecule has 0 radical (unpaired) electrons. The zero-order valence-corrected chi connectivity index (χ0v) is 20.5. The second-order valence-corrected chi connectivity index (χ2v) is 9.19. The Morgan fingerprint density at radius 1 is 1.03 bits per heavy atom. The van der Waals surface area contributed by atoms with E-state index < -0.39 is 5.97 Å². The maximum Gasteiger partial charge on any atom is 0.357 e. The van der Waals surface area contributed by atoms with Crippen molar-refractivity contribution in [2.24, 2.45) is 0 Å². The topological polar surface area (TPSA) is 98.7 Å². The molecule has 0 unspecified atom stereocenters. The lowest BCUT2D eigenvalue weighted by molar-refractivity contribution is -0.116. The molecule has 0 aliphatic heterocycles. The molecular weight excluding hydrogens is 454 g/mol. The molecule has 0 atom stereocenters. The molecule has 0 spiro atoms. The SMILES string of the molecule is CCOC(=O)c1c(NC(C)=O)c2c3c(sc2n1CC(=O)Nc1ccc(OCC)cc1)CCCC3. The van der Waals surface area contributed by atoms with E-state index in [-0.39, 0.29) is 30.7 Å². The molecule has 34 heavy (non-hydrogen) atoms. The van der Waals surface area contributed by atoms with E-state index in [1.807, 2.05) is 6.92 Å². The van der Waals surface area contributed by atoms with Crippen LogP contribution >= 0.6 is 11.3 Å². The van der Waals surface area contributed by atoms with Gasteiger partial charge >= 0.3 is 5.97 Å². The Bertz CT molecular complexity index is 1230. The number of carbonyl (C=O) groups excluding carboxylic acids is 3. The Hall–Kier alpha value is -3.33. The Kier molecular flexibility index (Phi) is 7.21. The van der Waals surface area contributed by atoms with E-state index >= 15 is 0 Å². The number of fused-ring (bicyclic) bond motifs is 3. The molecule has 2 aromatic heterocycles. The normalized spacial score (nSPS) is 12.8. The van der Waals surface area contributed by atoms with Gasteiger partial charge in [0.05, 0.1) is 18.9 Å². The highest BCUT2D eigenvalue weighted by Gasteiger charge is 2.31. The highest BCUT2D eigenvalue weighted by Crippen LogP contribution is 2.44. The van der Waals surface area contributed by atoms with Crippen LogP contribution in [0.25, 0.3) is 10.2 Å². The van der Waals surface area contributed by atoms with Gasteiger partial charge in [-0.3, -0.25) is 9.59 Å². The maximum atomic E-state index is 13.0. The van der Waals surface area contributed by atoms with Crippen molar-refractivity contribution in [1.82, 2.24) is 4.57 Å². The van der Waals surface area contributed by atoms with E-state index in [9.17, 15) is 14.4 Å². The molecule has 1 aliphatic carbocycles. The second-order valence-electron chi connectivity index (χ2n) is 8.11. The monoisotopic (exact) mass is 483 g/mol. The number of ether oxygens (including phenoxy) is 2. The van der Waals surface area contributed by atoms with E-state index in [1.165, 1.54) is 11.8 Å². The lowest BCUT2D eigenvalue weighted by Gasteiger charge is -2.14. The number of benzene rings is 1. The first-order valence-corrected chi connectivity index (χ1v) is 12.4. The van der Waals surface area contributed by atoms with E-state index in [1.54, 1.807) is 47.1 Å². The lowest BCUT2D eigenvalue weighted by atomic mass is 9.96. The van der Waals surface area contributed by atoms with Crippen LogP contribution < -0.4 is 15.4 Å². The van der Waals surface area contributed by atoms with Crippen molar-refractivity contribution >= 4 is 50.7 Å². The fraction of sp³-hybridized carbons (Fsp3) is 0.400. The van der Waals surface area contributed by atoms with Gasteiger partial charge < -0.3 is 24.7 Å². The van der Waals surface area contributed by atoms with Gasteiger partial charge in [-0.05, 0) is 69.4 Å². The van der Waals surface area contributed by atoms with Gasteiger partial charge in [-0.2, -0.15) is 0 Å². The van der Waals surface area contributed by atoms with Crippen molar-refractivity contribution in [3.8, 4) is 5.75 Å². The van der Waals surface area contributed by atoms with Crippen LogP contribution in [0.4, 0.5) is 11.4 Å². The van der Waals surface area contributed by atoms with E-state index in [0.717, 1.165) is 47.2 Å². The number of nitrogens with zero attached hydrogens (tertiary/aromatic N) is 1. The molecule has 0 fully saturated rings. The minimum absolute atomic E-state index is 0.0865. The quantitative estimate of drug-likeness (QED) is 0.451. The van der Waals surface area contributed by atoms with E-state index in [2.05, 4.69) is 10.6 Å². The van der Waals surface area contributed by atoms with Crippen molar-refractivity contribution in [2.75, 3.05) is 23.8 Å². The molecule has 9 heteroatoms. The van der Waals surface area contributed by atoms with Gasteiger partial charge in [0.15, 0.2) is 5.69 Å². The summed E-state index contributed by atoms with van der Waals surface area (Å²) in [4.78, 5) is 40.2.